The van der Waals surface area contributed by atoms with Crippen molar-refractivity contribution in [3.8, 4) is 17.6 Å². The van der Waals surface area contributed by atoms with Gasteiger partial charge in [-0.2, -0.15) is 5.26 Å². The van der Waals surface area contributed by atoms with Gasteiger partial charge in [0.05, 0.1) is 36.0 Å². The van der Waals surface area contributed by atoms with E-state index in [2.05, 4.69) is 15.5 Å². The third-order valence-electron chi connectivity index (χ3n) is 9.04. The number of amides is 1. The maximum atomic E-state index is 13.8. The highest BCUT2D eigenvalue weighted by Crippen LogP contribution is 2.43. The van der Waals surface area contributed by atoms with Gasteiger partial charge in [-0.15, -0.1) is 0 Å². The molecule has 2 aromatic carbocycles. The first-order chi connectivity index (χ1) is 22.8. The largest absolute Gasteiger partial charge is 0.465 e. The topological polar surface area (TPSA) is 139 Å². The molecule has 0 spiro atoms. The number of hydrogen-bond donors (Lipinski definition) is 2. The SMILES string of the molecule is CCOC(=O)C1(c2ccccc2)CCN(CCCNC(=O)C2=C(C)NC(C)=C(C(=O)OCCC#N)C2c2ccc3c(c2)OCO3)CC1. The van der Waals surface area contributed by atoms with Crippen molar-refractivity contribution < 1.29 is 33.3 Å². The number of fused-ring (bicyclic) bond motifs is 1. The van der Waals surface area contributed by atoms with Gasteiger partial charge in [-0.1, -0.05) is 36.4 Å². The van der Waals surface area contributed by atoms with Crippen LogP contribution in [0.15, 0.2) is 71.1 Å². The van der Waals surface area contributed by atoms with Crippen molar-refractivity contribution in [2.75, 3.05) is 46.2 Å². The van der Waals surface area contributed by atoms with Crippen molar-refractivity contribution in [3.05, 3.63) is 82.2 Å². The molecule has 1 atom stereocenters. The number of carbonyl (C=O) groups is 3. The number of nitrogens with zero attached hydrogens (tertiary/aromatic N) is 2. The molecule has 11 heteroatoms. The van der Waals surface area contributed by atoms with E-state index in [9.17, 15) is 14.4 Å². The van der Waals surface area contributed by atoms with E-state index in [0.717, 1.165) is 25.2 Å². The minimum atomic E-state index is -0.726. The number of hydrogen-bond acceptors (Lipinski definition) is 10. The molecule has 3 aliphatic heterocycles. The van der Waals surface area contributed by atoms with E-state index >= 15 is 0 Å². The van der Waals surface area contributed by atoms with Crippen molar-refractivity contribution in [3.63, 3.8) is 0 Å². The minimum absolute atomic E-state index is 0.0487. The zero-order valence-corrected chi connectivity index (χ0v) is 27.2. The first-order valence-electron chi connectivity index (χ1n) is 16.1. The molecule has 0 radical (unpaired) electrons. The van der Waals surface area contributed by atoms with Crippen LogP contribution in [0.4, 0.5) is 0 Å². The van der Waals surface area contributed by atoms with Crippen molar-refractivity contribution in [2.24, 2.45) is 0 Å². The Labute approximate surface area is 275 Å². The number of benzene rings is 2. The number of ether oxygens (including phenoxy) is 4. The lowest BCUT2D eigenvalue weighted by atomic mass is 9.72. The van der Waals surface area contributed by atoms with Crippen LogP contribution in [0, 0.1) is 11.3 Å². The first-order valence-corrected chi connectivity index (χ1v) is 16.1. The zero-order chi connectivity index (χ0) is 33.4. The fraction of sp³-hybridized carbons (Fsp3) is 0.444. The molecule has 3 heterocycles. The summed E-state index contributed by atoms with van der Waals surface area (Å²) in [5, 5.41) is 15.2. The molecule has 5 rings (SSSR count). The molecule has 2 aromatic rings. The Hall–Kier alpha value is -4.82. The average molecular weight is 643 g/mol. The smallest absolute Gasteiger partial charge is 0.336 e. The maximum Gasteiger partial charge on any atom is 0.336 e. The second-order valence-electron chi connectivity index (χ2n) is 11.9. The zero-order valence-electron chi connectivity index (χ0n) is 27.2. The fourth-order valence-electron chi connectivity index (χ4n) is 6.65. The summed E-state index contributed by atoms with van der Waals surface area (Å²) < 4.78 is 22.0. The number of carbonyl (C=O) groups excluding carboxylic acids is 3. The Morgan fingerprint density at radius 1 is 1.02 bits per heavy atom. The summed E-state index contributed by atoms with van der Waals surface area (Å²) in [5.41, 5.74) is 2.93. The Kier molecular flexibility index (Phi) is 10.8. The highest BCUT2D eigenvalue weighted by molar-refractivity contribution is 6.02. The molecule has 1 unspecified atom stereocenters. The van der Waals surface area contributed by atoms with Gasteiger partial charge in [0.25, 0.3) is 0 Å². The van der Waals surface area contributed by atoms with Crippen molar-refractivity contribution in [1.82, 2.24) is 15.5 Å². The monoisotopic (exact) mass is 642 g/mol. The van der Waals surface area contributed by atoms with Crippen LogP contribution in [-0.4, -0.2) is 68.9 Å². The van der Waals surface area contributed by atoms with Crippen LogP contribution in [0.1, 0.15) is 63.5 Å². The quantitative estimate of drug-likeness (QED) is 0.256. The van der Waals surface area contributed by atoms with Crippen LogP contribution in [-0.2, 0) is 29.3 Å². The Bertz CT molecular complexity index is 1590. The third kappa shape index (κ3) is 7.28. The Morgan fingerprint density at radius 2 is 1.74 bits per heavy atom. The van der Waals surface area contributed by atoms with E-state index in [-0.39, 0.29) is 31.7 Å². The molecule has 0 aliphatic carbocycles. The second kappa shape index (κ2) is 15.2. The molecule has 1 fully saturated rings. The van der Waals surface area contributed by atoms with Crippen molar-refractivity contribution >= 4 is 17.8 Å². The second-order valence-corrected chi connectivity index (χ2v) is 11.9. The van der Waals surface area contributed by atoms with Crippen molar-refractivity contribution in [1.29, 1.82) is 5.26 Å². The molecule has 0 saturated carbocycles. The lowest BCUT2D eigenvalue weighted by Crippen LogP contribution is -2.48. The highest BCUT2D eigenvalue weighted by atomic mass is 16.7. The molecule has 1 saturated heterocycles. The summed E-state index contributed by atoms with van der Waals surface area (Å²) in [5.74, 6) is -0.654. The van der Waals surface area contributed by atoms with Gasteiger partial charge >= 0.3 is 11.9 Å². The number of piperidine rings is 1. The summed E-state index contributed by atoms with van der Waals surface area (Å²) in [6, 6.07) is 17.2. The van der Waals surface area contributed by atoms with Gasteiger partial charge in [0.15, 0.2) is 11.5 Å². The molecule has 248 valence electrons. The maximum absolute atomic E-state index is 13.8. The van der Waals surface area contributed by atoms with Crippen LogP contribution in [0.2, 0.25) is 0 Å². The van der Waals surface area contributed by atoms with Gasteiger partial charge in [-0.25, -0.2) is 4.79 Å². The lowest BCUT2D eigenvalue weighted by Gasteiger charge is -2.40. The predicted molar refractivity (Wildman–Crippen MR) is 173 cm³/mol. The number of allylic oxidation sites excluding steroid dienone is 2. The molecule has 47 heavy (non-hydrogen) atoms. The normalized spacial score (nSPS) is 18.6. The number of dihydropyridines is 1. The van der Waals surface area contributed by atoms with Gasteiger partial charge in [-0.3, -0.25) is 9.59 Å². The summed E-state index contributed by atoms with van der Waals surface area (Å²) in [4.78, 5) is 42.6. The summed E-state index contributed by atoms with van der Waals surface area (Å²) in [6.07, 6.45) is 2.09. The van der Waals surface area contributed by atoms with E-state index in [1.807, 2.05) is 56.3 Å². The van der Waals surface area contributed by atoms with Crippen LogP contribution < -0.4 is 20.1 Å². The Balaban J connectivity index is 1.25. The van der Waals surface area contributed by atoms with Crippen LogP contribution in [0.5, 0.6) is 11.5 Å². The fourth-order valence-corrected chi connectivity index (χ4v) is 6.65. The molecule has 3 aliphatic rings. The molecule has 11 nitrogen and oxygen atoms in total. The van der Waals surface area contributed by atoms with Crippen LogP contribution in [0.25, 0.3) is 0 Å². The van der Waals surface area contributed by atoms with E-state index in [1.165, 1.54) is 0 Å². The Morgan fingerprint density at radius 3 is 2.47 bits per heavy atom. The van der Waals surface area contributed by atoms with Gasteiger partial charge in [-0.05, 0) is 82.9 Å². The van der Waals surface area contributed by atoms with E-state index in [0.29, 0.717) is 72.0 Å². The summed E-state index contributed by atoms with van der Waals surface area (Å²) >= 11 is 0. The molecular formula is C36H42N4O7. The van der Waals surface area contributed by atoms with E-state index < -0.39 is 17.3 Å². The van der Waals surface area contributed by atoms with Crippen LogP contribution >= 0.6 is 0 Å². The third-order valence-corrected chi connectivity index (χ3v) is 9.04. The number of esters is 2. The molecule has 0 bridgehead atoms. The predicted octanol–water partition coefficient (Wildman–Crippen LogP) is 4.21. The van der Waals surface area contributed by atoms with Gasteiger partial charge in [0, 0.05) is 23.5 Å². The minimum Gasteiger partial charge on any atom is -0.465 e. The lowest BCUT2D eigenvalue weighted by molar-refractivity contribution is -0.152. The summed E-state index contributed by atoms with van der Waals surface area (Å²) in [6.45, 7) is 8.46. The van der Waals surface area contributed by atoms with Gasteiger partial charge in [0.2, 0.25) is 12.7 Å². The average Bonchev–Trinajstić information content (AvgIpc) is 3.55. The van der Waals surface area contributed by atoms with Crippen molar-refractivity contribution in [2.45, 2.75) is 57.8 Å². The number of nitrogens with one attached hydrogen (secondary N) is 2. The van der Waals surface area contributed by atoms with E-state index in [1.54, 1.807) is 19.1 Å². The standard InChI is InChI=1S/C36H42N4O7/c1-4-44-35(43)36(27-10-6-5-7-11-27)14-19-40(20-15-36)18-9-17-38-33(41)30-24(2)39-25(3)31(34(42)45-21-8-16-37)32(30)26-12-13-28-29(22-26)47-23-46-28/h5-7,10-13,22,32,39H,4,8-9,14-15,17-21,23H2,1-3H3,(H,38,41). The molecular weight excluding hydrogens is 600 g/mol. The van der Waals surface area contributed by atoms with Gasteiger partial charge in [0.1, 0.15) is 6.61 Å². The first kappa shape index (κ1) is 33.5. The molecule has 1 amide bonds. The van der Waals surface area contributed by atoms with Gasteiger partial charge < -0.3 is 34.5 Å². The molecule has 0 aromatic heterocycles. The number of likely N-dealkylation sites (tertiary alicyclic amines) is 1. The number of nitriles is 1. The highest BCUT2D eigenvalue weighted by Gasteiger charge is 2.44. The molecule has 2 N–H and O–H groups in total. The number of rotatable bonds is 12. The summed E-state index contributed by atoms with van der Waals surface area (Å²) in [7, 11) is 0. The van der Waals surface area contributed by atoms with E-state index in [4.69, 9.17) is 24.2 Å². The van der Waals surface area contributed by atoms with Crippen LogP contribution in [0.3, 0.4) is 0 Å².